The molecule has 214 valence electrons. The molecule has 0 fully saturated rings. The number of carbonyl (C=O) groups excluding carboxylic acids is 2. The maximum atomic E-state index is 14.5. The highest BCUT2D eigenvalue weighted by Gasteiger charge is 2.29. The number of fused-ring (bicyclic) bond motifs is 1. The highest BCUT2D eigenvalue weighted by molar-refractivity contribution is 5.71. The van der Waals surface area contributed by atoms with Crippen molar-refractivity contribution in [2.45, 2.75) is 78.4 Å². The molecule has 0 aliphatic heterocycles. The zero-order valence-corrected chi connectivity index (χ0v) is 23.7. The first kappa shape index (κ1) is 30.5. The first-order valence-corrected chi connectivity index (χ1v) is 13.8. The molecule has 0 saturated carbocycles. The van der Waals surface area contributed by atoms with Crippen LogP contribution >= 0.6 is 0 Å². The monoisotopic (exact) mass is 545 g/mol. The highest BCUT2D eigenvalue weighted by atomic mass is 19.2. The summed E-state index contributed by atoms with van der Waals surface area (Å²) in [7, 11) is 0. The van der Waals surface area contributed by atoms with Crippen LogP contribution in [0.25, 0.3) is 0 Å². The molecule has 1 unspecified atom stereocenters. The standard InChI is InChI=1S/C31H41F2NO5/c1-6-37-28(35)12-11-21-15-26(32)29(33)27(16-21)38-19-25(39-30(36)20(2)3)18-34-31(4,5)17-22-13-23-9-7-8-10-24(23)14-22/h7-10,15-16,20,22,25,34H,6,11-14,17-19H2,1-5H3. The highest BCUT2D eigenvalue weighted by Crippen LogP contribution is 2.32. The average molecular weight is 546 g/mol. The number of carbonyl (C=O) groups is 2. The van der Waals surface area contributed by atoms with Crippen LogP contribution < -0.4 is 10.1 Å². The fourth-order valence-electron chi connectivity index (χ4n) is 4.94. The molecule has 0 aromatic heterocycles. The third-order valence-electron chi connectivity index (χ3n) is 6.90. The van der Waals surface area contributed by atoms with Gasteiger partial charge in [0, 0.05) is 18.5 Å². The molecular weight excluding hydrogens is 504 g/mol. The number of esters is 2. The molecule has 2 aromatic rings. The molecule has 1 atom stereocenters. The lowest BCUT2D eigenvalue weighted by Crippen LogP contribution is -2.47. The number of hydrogen-bond donors (Lipinski definition) is 1. The van der Waals surface area contributed by atoms with Crippen LogP contribution in [0.1, 0.15) is 64.2 Å². The summed E-state index contributed by atoms with van der Waals surface area (Å²) in [6.45, 7) is 9.77. The van der Waals surface area contributed by atoms with Crippen molar-refractivity contribution >= 4 is 11.9 Å². The van der Waals surface area contributed by atoms with E-state index in [1.54, 1.807) is 20.8 Å². The van der Waals surface area contributed by atoms with Crippen molar-refractivity contribution < 1.29 is 32.6 Å². The van der Waals surface area contributed by atoms with Gasteiger partial charge in [0.25, 0.3) is 0 Å². The summed E-state index contributed by atoms with van der Waals surface area (Å²) < 4.78 is 45.0. The Morgan fingerprint density at radius 1 is 1.10 bits per heavy atom. The quantitative estimate of drug-likeness (QED) is 0.313. The van der Waals surface area contributed by atoms with Crippen LogP contribution in [0.3, 0.4) is 0 Å². The van der Waals surface area contributed by atoms with Crippen LogP contribution in [0.15, 0.2) is 36.4 Å². The molecule has 6 nitrogen and oxygen atoms in total. The van der Waals surface area contributed by atoms with Gasteiger partial charge in [-0.1, -0.05) is 38.1 Å². The van der Waals surface area contributed by atoms with Crippen molar-refractivity contribution in [3.05, 3.63) is 64.7 Å². The lowest BCUT2D eigenvalue weighted by molar-refractivity contribution is -0.154. The Morgan fingerprint density at radius 3 is 2.38 bits per heavy atom. The topological polar surface area (TPSA) is 73.9 Å². The molecule has 0 amide bonds. The van der Waals surface area contributed by atoms with E-state index in [1.807, 2.05) is 0 Å². The Morgan fingerprint density at radius 2 is 1.77 bits per heavy atom. The van der Waals surface area contributed by atoms with Crippen molar-refractivity contribution in [2.75, 3.05) is 19.8 Å². The summed E-state index contributed by atoms with van der Waals surface area (Å²) >= 11 is 0. The summed E-state index contributed by atoms with van der Waals surface area (Å²) in [6, 6.07) is 10.9. The number of halogens is 2. The van der Waals surface area contributed by atoms with Gasteiger partial charge in [0.05, 0.1) is 12.5 Å². The van der Waals surface area contributed by atoms with Gasteiger partial charge in [-0.2, -0.15) is 4.39 Å². The van der Waals surface area contributed by atoms with E-state index in [0.29, 0.717) is 11.5 Å². The van der Waals surface area contributed by atoms with Crippen molar-refractivity contribution in [3.8, 4) is 5.75 Å². The number of aryl methyl sites for hydroxylation is 1. The van der Waals surface area contributed by atoms with Gasteiger partial charge in [-0.25, -0.2) is 4.39 Å². The van der Waals surface area contributed by atoms with Gasteiger partial charge >= 0.3 is 11.9 Å². The molecule has 2 aromatic carbocycles. The zero-order chi connectivity index (χ0) is 28.6. The molecule has 1 aliphatic rings. The van der Waals surface area contributed by atoms with Crippen molar-refractivity contribution in [1.29, 1.82) is 0 Å². The van der Waals surface area contributed by atoms with Crippen LogP contribution in [0, 0.1) is 23.5 Å². The predicted octanol–water partition coefficient (Wildman–Crippen LogP) is 5.58. The summed E-state index contributed by atoms with van der Waals surface area (Å²) in [5.74, 6) is -3.14. The molecule has 0 radical (unpaired) electrons. The Hall–Kier alpha value is -3.00. The zero-order valence-electron chi connectivity index (χ0n) is 23.7. The fourth-order valence-corrected chi connectivity index (χ4v) is 4.94. The number of ether oxygens (including phenoxy) is 3. The lowest BCUT2D eigenvalue weighted by atomic mass is 9.88. The van der Waals surface area contributed by atoms with Crippen molar-refractivity contribution in [1.82, 2.24) is 5.32 Å². The van der Waals surface area contributed by atoms with Crippen LogP contribution in [0.2, 0.25) is 0 Å². The molecular formula is C31H41F2NO5. The number of hydrogen-bond acceptors (Lipinski definition) is 6. The van der Waals surface area contributed by atoms with E-state index in [0.717, 1.165) is 25.3 Å². The van der Waals surface area contributed by atoms with Crippen LogP contribution in [-0.2, 0) is 38.3 Å². The molecule has 3 rings (SSSR count). The van der Waals surface area contributed by atoms with Gasteiger partial charge in [-0.3, -0.25) is 9.59 Å². The van der Waals surface area contributed by atoms with E-state index in [-0.39, 0.29) is 49.8 Å². The number of benzene rings is 2. The lowest BCUT2D eigenvalue weighted by Gasteiger charge is -2.31. The molecule has 1 aliphatic carbocycles. The summed E-state index contributed by atoms with van der Waals surface area (Å²) in [4.78, 5) is 24.1. The Kier molecular flexibility index (Phi) is 10.9. The predicted molar refractivity (Wildman–Crippen MR) is 146 cm³/mol. The second-order valence-corrected chi connectivity index (χ2v) is 11.2. The summed E-state index contributed by atoms with van der Waals surface area (Å²) in [5, 5.41) is 3.50. The van der Waals surface area contributed by atoms with Crippen molar-refractivity contribution in [3.63, 3.8) is 0 Å². The van der Waals surface area contributed by atoms with Crippen LogP contribution in [-0.4, -0.2) is 43.3 Å². The van der Waals surface area contributed by atoms with E-state index >= 15 is 0 Å². The maximum Gasteiger partial charge on any atom is 0.308 e. The summed E-state index contributed by atoms with van der Waals surface area (Å²) in [5.41, 5.74) is 2.95. The van der Waals surface area contributed by atoms with E-state index in [1.165, 1.54) is 17.2 Å². The van der Waals surface area contributed by atoms with Crippen molar-refractivity contribution in [2.24, 2.45) is 11.8 Å². The smallest absolute Gasteiger partial charge is 0.308 e. The van der Waals surface area contributed by atoms with E-state index in [4.69, 9.17) is 14.2 Å². The van der Waals surface area contributed by atoms with Gasteiger partial charge in [0.15, 0.2) is 11.6 Å². The van der Waals surface area contributed by atoms with Gasteiger partial charge in [-0.05, 0) is 81.2 Å². The minimum Gasteiger partial charge on any atom is -0.486 e. The molecule has 39 heavy (non-hydrogen) atoms. The van der Waals surface area contributed by atoms with E-state index < -0.39 is 29.7 Å². The molecule has 8 heteroatoms. The van der Waals surface area contributed by atoms with E-state index in [9.17, 15) is 18.4 Å². The molecule has 0 saturated heterocycles. The summed E-state index contributed by atoms with van der Waals surface area (Å²) in [6.07, 6.45) is 2.50. The van der Waals surface area contributed by atoms with Gasteiger partial charge in [0.1, 0.15) is 12.7 Å². The maximum absolute atomic E-state index is 14.5. The Labute approximate surface area is 230 Å². The first-order chi connectivity index (χ1) is 18.5. The third kappa shape index (κ3) is 9.31. The minimum absolute atomic E-state index is 0.0397. The van der Waals surface area contributed by atoms with Gasteiger partial charge in [-0.15, -0.1) is 0 Å². The van der Waals surface area contributed by atoms with Gasteiger partial charge in [0.2, 0.25) is 5.82 Å². The molecule has 0 spiro atoms. The average Bonchev–Trinajstić information content (AvgIpc) is 3.28. The fraction of sp³-hybridized carbons (Fsp3) is 0.548. The van der Waals surface area contributed by atoms with Crippen LogP contribution in [0.4, 0.5) is 8.78 Å². The molecule has 0 heterocycles. The van der Waals surface area contributed by atoms with E-state index in [2.05, 4.69) is 43.4 Å². The number of nitrogens with one attached hydrogen (secondary N) is 1. The number of rotatable bonds is 14. The van der Waals surface area contributed by atoms with Gasteiger partial charge < -0.3 is 19.5 Å². The first-order valence-electron chi connectivity index (χ1n) is 13.8. The van der Waals surface area contributed by atoms with Crippen LogP contribution in [0.5, 0.6) is 5.75 Å². The largest absolute Gasteiger partial charge is 0.486 e. The second-order valence-electron chi connectivity index (χ2n) is 11.2. The third-order valence-corrected chi connectivity index (χ3v) is 6.90. The Balaban J connectivity index is 1.62. The normalized spacial score (nSPS) is 14.3. The second kappa shape index (κ2) is 13.9. The molecule has 0 bridgehead atoms. The molecule has 1 N–H and O–H groups in total. The Bertz CT molecular complexity index is 1110. The minimum atomic E-state index is -1.13. The SMILES string of the molecule is CCOC(=O)CCc1cc(F)c(F)c(OCC(CNC(C)(C)CC2Cc3ccccc3C2)OC(=O)C(C)C)c1.